The molecule has 0 amide bonds. The molecule has 122 valence electrons. The van der Waals surface area contributed by atoms with Crippen LogP contribution in [-0.2, 0) is 0 Å². The summed E-state index contributed by atoms with van der Waals surface area (Å²) in [6.07, 6.45) is 1.14. The van der Waals surface area contributed by atoms with Gasteiger partial charge in [-0.25, -0.2) is 4.39 Å². The first-order valence-electron chi connectivity index (χ1n) is 7.34. The fourth-order valence-corrected chi connectivity index (χ4v) is 2.93. The van der Waals surface area contributed by atoms with Crippen molar-refractivity contribution in [1.29, 1.82) is 0 Å². The summed E-state index contributed by atoms with van der Waals surface area (Å²) in [7, 11) is 0. The summed E-state index contributed by atoms with van der Waals surface area (Å²) in [5.41, 5.74) is 2.01. The van der Waals surface area contributed by atoms with Gasteiger partial charge in [-0.2, -0.15) is 0 Å². The Bertz CT molecular complexity index is 423. The number of nitrogens with zero attached hydrogens (tertiary/aromatic N) is 1. The Morgan fingerprint density at radius 3 is 2.38 bits per heavy atom. The van der Waals surface area contributed by atoms with Crippen molar-refractivity contribution in [2.45, 2.75) is 33.2 Å². The quantitative estimate of drug-likeness (QED) is 0.894. The van der Waals surface area contributed by atoms with E-state index in [9.17, 15) is 4.39 Å². The predicted molar refractivity (Wildman–Crippen MR) is 92.3 cm³/mol. The highest BCUT2D eigenvalue weighted by Crippen LogP contribution is 2.31. The van der Waals surface area contributed by atoms with E-state index in [0.717, 1.165) is 38.2 Å². The minimum atomic E-state index is -0.105. The van der Waals surface area contributed by atoms with Gasteiger partial charge in [-0.1, -0.05) is 32.4 Å². The van der Waals surface area contributed by atoms with Crippen LogP contribution in [0.4, 0.5) is 4.39 Å². The average molecular weight is 337 g/mol. The lowest BCUT2D eigenvalue weighted by Crippen LogP contribution is -2.46. The van der Waals surface area contributed by atoms with Gasteiger partial charge in [0, 0.05) is 32.2 Å². The Labute approximate surface area is 140 Å². The van der Waals surface area contributed by atoms with Crippen molar-refractivity contribution in [3.63, 3.8) is 0 Å². The maximum Gasteiger partial charge on any atom is 0.126 e. The van der Waals surface area contributed by atoms with E-state index in [1.807, 2.05) is 19.1 Å². The van der Waals surface area contributed by atoms with Gasteiger partial charge in [0.1, 0.15) is 5.82 Å². The van der Waals surface area contributed by atoms with E-state index in [-0.39, 0.29) is 30.6 Å². The molecule has 5 heteroatoms. The lowest BCUT2D eigenvalue weighted by molar-refractivity contribution is 0.128. The third-order valence-electron chi connectivity index (χ3n) is 4.25. The van der Waals surface area contributed by atoms with E-state index in [4.69, 9.17) is 0 Å². The van der Waals surface area contributed by atoms with Gasteiger partial charge in [0.15, 0.2) is 0 Å². The van der Waals surface area contributed by atoms with E-state index in [2.05, 4.69) is 24.1 Å². The summed E-state index contributed by atoms with van der Waals surface area (Å²) in [6.45, 7) is 10.6. The largest absolute Gasteiger partial charge is 0.314 e. The van der Waals surface area contributed by atoms with Crippen molar-refractivity contribution in [3.05, 3.63) is 35.1 Å². The minimum absolute atomic E-state index is 0. The molecule has 1 aromatic rings. The van der Waals surface area contributed by atoms with Crippen LogP contribution in [0, 0.1) is 18.7 Å². The van der Waals surface area contributed by atoms with Crippen LogP contribution in [-0.4, -0.2) is 31.1 Å². The average Bonchev–Trinajstić information content (AvgIpc) is 2.44. The molecule has 21 heavy (non-hydrogen) atoms. The van der Waals surface area contributed by atoms with Crippen molar-refractivity contribution in [2.24, 2.45) is 5.92 Å². The van der Waals surface area contributed by atoms with Crippen molar-refractivity contribution in [1.82, 2.24) is 10.2 Å². The Morgan fingerprint density at radius 1 is 1.24 bits per heavy atom. The maximum absolute atomic E-state index is 13.5. The zero-order chi connectivity index (χ0) is 13.8. The molecule has 0 saturated carbocycles. The lowest BCUT2D eigenvalue weighted by atomic mass is 9.89. The van der Waals surface area contributed by atoms with Crippen LogP contribution in [0.3, 0.4) is 0 Å². The van der Waals surface area contributed by atoms with Crippen LogP contribution < -0.4 is 5.32 Å². The molecule has 2 atom stereocenters. The van der Waals surface area contributed by atoms with Gasteiger partial charge in [-0.05, 0) is 30.0 Å². The normalized spacial score (nSPS) is 18.3. The van der Waals surface area contributed by atoms with Crippen LogP contribution in [0.25, 0.3) is 0 Å². The molecule has 2 nitrogen and oxygen atoms in total. The first-order valence-corrected chi connectivity index (χ1v) is 7.34. The predicted octanol–water partition coefficient (Wildman–Crippen LogP) is 3.97. The second kappa shape index (κ2) is 9.62. The van der Waals surface area contributed by atoms with Gasteiger partial charge in [-0.15, -0.1) is 24.8 Å². The van der Waals surface area contributed by atoms with E-state index in [1.54, 1.807) is 6.07 Å². The molecule has 1 aliphatic heterocycles. The second-order valence-corrected chi connectivity index (χ2v) is 5.62. The number of halogens is 3. The van der Waals surface area contributed by atoms with Crippen molar-refractivity contribution in [3.8, 4) is 0 Å². The van der Waals surface area contributed by atoms with Crippen LogP contribution in [0.15, 0.2) is 18.2 Å². The molecular formula is C16H27Cl2FN2. The third-order valence-corrected chi connectivity index (χ3v) is 4.25. The maximum atomic E-state index is 13.5. The lowest BCUT2D eigenvalue weighted by Gasteiger charge is -2.38. The van der Waals surface area contributed by atoms with Gasteiger partial charge in [0.2, 0.25) is 0 Å². The molecule has 1 heterocycles. The van der Waals surface area contributed by atoms with Gasteiger partial charge in [0.05, 0.1) is 0 Å². The van der Waals surface area contributed by atoms with Crippen LogP contribution in [0.2, 0.25) is 0 Å². The molecular weight excluding hydrogens is 310 g/mol. The molecule has 0 radical (unpaired) electrons. The molecule has 1 N–H and O–H groups in total. The number of hydrogen-bond donors (Lipinski definition) is 1. The fraction of sp³-hybridized carbons (Fsp3) is 0.625. The number of nitrogens with one attached hydrogen (secondary N) is 1. The topological polar surface area (TPSA) is 15.3 Å². The SMILES string of the molecule is CCC(C)[C@@H](c1ccc(F)c(C)c1)N1CCNCC1.Cl.Cl. The number of rotatable bonds is 4. The van der Waals surface area contributed by atoms with E-state index in [0.29, 0.717) is 12.0 Å². The van der Waals surface area contributed by atoms with Gasteiger partial charge >= 0.3 is 0 Å². The molecule has 0 aliphatic carbocycles. The highest BCUT2D eigenvalue weighted by molar-refractivity contribution is 5.85. The van der Waals surface area contributed by atoms with Crippen LogP contribution in [0.5, 0.6) is 0 Å². The summed E-state index contributed by atoms with van der Waals surface area (Å²) < 4.78 is 13.5. The second-order valence-electron chi connectivity index (χ2n) is 5.62. The smallest absolute Gasteiger partial charge is 0.126 e. The molecule has 0 bridgehead atoms. The summed E-state index contributed by atoms with van der Waals surface area (Å²) in [4.78, 5) is 2.54. The zero-order valence-corrected chi connectivity index (χ0v) is 14.7. The number of hydrogen-bond acceptors (Lipinski definition) is 2. The standard InChI is InChI=1S/C16H25FN2.2ClH/c1-4-12(2)16(19-9-7-18-8-10-19)14-5-6-15(17)13(3)11-14;;/h5-6,11-12,16,18H,4,7-10H2,1-3H3;2*1H/t12?,16-;;/m0../s1. The molecule has 2 rings (SSSR count). The molecule has 0 aromatic heterocycles. The van der Waals surface area contributed by atoms with E-state index < -0.39 is 0 Å². The third kappa shape index (κ3) is 5.10. The highest BCUT2D eigenvalue weighted by Gasteiger charge is 2.26. The first kappa shape index (κ1) is 20.6. The Morgan fingerprint density at radius 2 is 1.86 bits per heavy atom. The molecule has 1 unspecified atom stereocenters. The fourth-order valence-electron chi connectivity index (χ4n) is 2.93. The monoisotopic (exact) mass is 336 g/mol. The zero-order valence-electron chi connectivity index (χ0n) is 13.1. The number of aryl methyl sites for hydroxylation is 1. The van der Waals surface area contributed by atoms with Crippen molar-refractivity contribution < 1.29 is 4.39 Å². The Balaban J connectivity index is 0.00000200. The van der Waals surface area contributed by atoms with Crippen molar-refractivity contribution in [2.75, 3.05) is 26.2 Å². The van der Waals surface area contributed by atoms with Gasteiger partial charge < -0.3 is 5.32 Å². The first-order chi connectivity index (χ1) is 9.13. The number of piperazine rings is 1. The summed E-state index contributed by atoms with van der Waals surface area (Å²) in [6, 6.07) is 6.00. The van der Waals surface area contributed by atoms with E-state index in [1.165, 1.54) is 5.56 Å². The molecule has 1 aliphatic rings. The van der Waals surface area contributed by atoms with Crippen LogP contribution in [0.1, 0.15) is 37.4 Å². The molecule has 0 spiro atoms. The van der Waals surface area contributed by atoms with Crippen molar-refractivity contribution >= 4 is 24.8 Å². The number of benzene rings is 1. The summed E-state index contributed by atoms with van der Waals surface area (Å²) in [5, 5.41) is 3.40. The summed E-state index contributed by atoms with van der Waals surface area (Å²) in [5.74, 6) is 0.481. The Kier molecular flexibility index (Phi) is 9.46. The Hall–Kier alpha value is -0.350. The van der Waals surface area contributed by atoms with Gasteiger partial charge in [0.25, 0.3) is 0 Å². The molecule has 1 aromatic carbocycles. The minimum Gasteiger partial charge on any atom is -0.314 e. The molecule has 1 saturated heterocycles. The molecule has 1 fully saturated rings. The van der Waals surface area contributed by atoms with Crippen LogP contribution >= 0.6 is 24.8 Å². The summed E-state index contributed by atoms with van der Waals surface area (Å²) >= 11 is 0. The van der Waals surface area contributed by atoms with E-state index >= 15 is 0 Å². The highest BCUT2D eigenvalue weighted by atomic mass is 35.5. The van der Waals surface area contributed by atoms with Gasteiger partial charge in [-0.3, -0.25) is 4.90 Å².